The van der Waals surface area contributed by atoms with E-state index in [-0.39, 0.29) is 25.1 Å². The van der Waals surface area contributed by atoms with Crippen LogP contribution in [0.2, 0.25) is 0 Å². The third-order valence-electron chi connectivity index (χ3n) is 3.06. The van der Waals surface area contributed by atoms with Crippen molar-refractivity contribution < 1.29 is 24.1 Å². The van der Waals surface area contributed by atoms with Crippen molar-refractivity contribution in [2.45, 2.75) is 51.0 Å². The van der Waals surface area contributed by atoms with E-state index in [0.717, 1.165) is 5.57 Å². The number of methoxy groups -OCH3 is 1. The first-order valence-electron chi connectivity index (χ1n) is 5.80. The summed E-state index contributed by atoms with van der Waals surface area (Å²) in [5.74, 6) is -0.656. The summed E-state index contributed by atoms with van der Waals surface area (Å²) in [6.07, 6.45) is 0.410. The van der Waals surface area contributed by atoms with Gasteiger partial charge in [0.1, 0.15) is 25.1 Å². The molecule has 2 aliphatic rings. The second-order valence-corrected chi connectivity index (χ2v) is 4.89. The first-order valence-corrected chi connectivity index (χ1v) is 5.80. The molecule has 2 rings (SSSR count). The van der Waals surface area contributed by atoms with Crippen molar-refractivity contribution in [2.24, 2.45) is 0 Å². The summed E-state index contributed by atoms with van der Waals surface area (Å²) in [4.78, 5) is 0. The Labute approximate surface area is 101 Å². The van der Waals surface area contributed by atoms with Gasteiger partial charge in [0.2, 0.25) is 0 Å². The number of rotatable bonds is 4. The van der Waals surface area contributed by atoms with Crippen LogP contribution in [0.15, 0.2) is 11.6 Å². The summed E-state index contributed by atoms with van der Waals surface area (Å²) in [7, 11) is 1.58. The van der Waals surface area contributed by atoms with E-state index in [1.807, 2.05) is 20.8 Å². The lowest BCUT2D eigenvalue weighted by atomic mass is 10.1. The van der Waals surface area contributed by atoms with Crippen LogP contribution in [0, 0.1) is 0 Å². The number of hydrogen-bond donors (Lipinski definition) is 1. The second-order valence-electron chi connectivity index (χ2n) is 4.89. The molecule has 0 aromatic carbocycles. The SMILES string of the molecule is COCOC(C)C1=C[C@H](O)[C@@H]2OC(C)(C)O[C@H]12. The molecular weight excluding hydrogens is 224 g/mol. The van der Waals surface area contributed by atoms with E-state index in [9.17, 15) is 5.11 Å². The average Bonchev–Trinajstić information content (AvgIpc) is 2.71. The van der Waals surface area contributed by atoms with Crippen LogP contribution in [0.5, 0.6) is 0 Å². The van der Waals surface area contributed by atoms with E-state index >= 15 is 0 Å². The molecular formula is C12H20O5. The Morgan fingerprint density at radius 3 is 2.82 bits per heavy atom. The Kier molecular flexibility index (Phi) is 3.56. The minimum absolute atomic E-state index is 0.155. The quantitative estimate of drug-likeness (QED) is 0.586. The fraction of sp³-hybridized carbons (Fsp3) is 0.833. The zero-order chi connectivity index (χ0) is 12.6. The Morgan fingerprint density at radius 1 is 1.47 bits per heavy atom. The van der Waals surface area contributed by atoms with Crippen LogP contribution in [0.25, 0.3) is 0 Å². The summed E-state index contributed by atoms with van der Waals surface area (Å²) in [6, 6.07) is 0. The lowest BCUT2D eigenvalue weighted by molar-refractivity contribution is -0.154. The molecule has 1 aliphatic heterocycles. The van der Waals surface area contributed by atoms with E-state index in [4.69, 9.17) is 18.9 Å². The van der Waals surface area contributed by atoms with E-state index in [1.165, 1.54) is 0 Å². The van der Waals surface area contributed by atoms with Crippen molar-refractivity contribution in [1.29, 1.82) is 0 Å². The molecule has 0 bridgehead atoms. The molecule has 98 valence electrons. The third kappa shape index (κ3) is 2.53. The van der Waals surface area contributed by atoms with Gasteiger partial charge in [-0.05, 0) is 32.4 Å². The van der Waals surface area contributed by atoms with Crippen molar-refractivity contribution >= 4 is 0 Å². The maximum absolute atomic E-state index is 9.91. The average molecular weight is 244 g/mol. The van der Waals surface area contributed by atoms with E-state index in [2.05, 4.69) is 0 Å². The first-order chi connectivity index (χ1) is 7.94. The van der Waals surface area contributed by atoms with Crippen molar-refractivity contribution in [3.8, 4) is 0 Å². The van der Waals surface area contributed by atoms with Crippen LogP contribution in [-0.2, 0) is 18.9 Å². The van der Waals surface area contributed by atoms with E-state index in [0.29, 0.717) is 0 Å². The molecule has 1 aliphatic carbocycles. The monoisotopic (exact) mass is 244 g/mol. The zero-order valence-corrected chi connectivity index (χ0v) is 10.7. The molecule has 0 amide bonds. The Bertz CT molecular complexity index is 312. The molecule has 0 aromatic rings. The number of aliphatic hydroxyl groups excluding tert-OH is 1. The summed E-state index contributed by atoms with van der Waals surface area (Å²) >= 11 is 0. The van der Waals surface area contributed by atoms with Gasteiger partial charge in [-0.25, -0.2) is 0 Å². The summed E-state index contributed by atoms with van der Waals surface area (Å²) in [5.41, 5.74) is 0.921. The molecule has 4 atom stereocenters. The van der Waals surface area contributed by atoms with Gasteiger partial charge in [-0.2, -0.15) is 0 Å². The normalized spacial score (nSPS) is 36.8. The zero-order valence-electron chi connectivity index (χ0n) is 10.7. The van der Waals surface area contributed by atoms with Crippen LogP contribution in [-0.4, -0.2) is 49.2 Å². The topological polar surface area (TPSA) is 57.2 Å². The highest BCUT2D eigenvalue weighted by Crippen LogP contribution is 2.39. The molecule has 0 spiro atoms. The maximum Gasteiger partial charge on any atom is 0.164 e. The largest absolute Gasteiger partial charge is 0.386 e. The van der Waals surface area contributed by atoms with Gasteiger partial charge in [-0.15, -0.1) is 0 Å². The minimum Gasteiger partial charge on any atom is -0.386 e. The van der Waals surface area contributed by atoms with Crippen LogP contribution >= 0.6 is 0 Å². The highest BCUT2D eigenvalue weighted by atomic mass is 16.8. The van der Waals surface area contributed by atoms with Gasteiger partial charge >= 0.3 is 0 Å². The van der Waals surface area contributed by atoms with Crippen LogP contribution < -0.4 is 0 Å². The van der Waals surface area contributed by atoms with Crippen LogP contribution in [0.4, 0.5) is 0 Å². The van der Waals surface area contributed by atoms with Crippen LogP contribution in [0.3, 0.4) is 0 Å². The summed E-state index contributed by atoms with van der Waals surface area (Å²) in [6.45, 7) is 5.82. The Hall–Kier alpha value is -0.460. The molecule has 1 heterocycles. The van der Waals surface area contributed by atoms with Gasteiger partial charge in [0.25, 0.3) is 0 Å². The summed E-state index contributed by atoms with van der Waals surface area (Å²) in [5, 5.41) is 9.91. The van der Waals surface area contributed by atoms with Gasteiger partial charge in [-0.3, -0.25) is 0 Å². The molecule has 5 heteroatoms. The molecule has 0 radical (unpaired) electrons. The number of aliphatic hydroxyl groups is 1. The predicted molar refractivity (Wildman–Crippen MR) is 60.3 cm³/mol. The molecule has 1 unspecified atom stereocenters. The van der Waals surface area contributed by atoms with E-state index < -0.39 is 11.9 Å². The van der Waals surface area contributed by atoms with Gasteiger partial charge in [0, 0.05) is 7.11 Å². The lowest BCUT2D eigenvalue weighted by Crippen LogP contribution is -2.30. The molecule has 1 saturated heterocycles. The van der Waals surface area contributed by atoms with Gasteiger partial charge in [0.15, 0.2) is 5.79 Å². The maximum atomic E-state index is 9.91. The molecule has 5 nitrogen and oxygen atoms in total. The minimum atomic E-state index is -0.656. The fourth-order valence-corrected chi connectivity index (χ4v) is 2.32. The third-order valence-corrected chi connectivity index (χ3v) is 3.06. The summed E-state index contributed by atoms with van der Waals surface area (Å²) < 4.78 is 21.8. The predicted octanol–water partition coefficient (Wildman–Crippen LogP) is 0.816. The number of ether oxygens (including phenoxy) is 4. The smallest absolute Gasteiger partial charge is 0.164 e. The first kappa shape index (κ1) is 13.0. The Morgan fingerprint density at radius 2 is 2.18 bits per heavy atom. The van der Waals surface area contributed by atoms with Crippen molar-refractivity contribution in [2.75, 3.05) is 13.9 Å². The number of hydrogen-bond acceptors (Lipinski definition) is 5. The fourth-order valence-electron chi connectivity index (χ4n) is 2.32. The number of fused-ring (bicyclic) bond motifs is 1. The lowest BCUT2D eigenvalue weighted by Gasteiger charge is -2.21. The van der Waals surface area contributed by atoms with Gasteiger partial charge < -0.3 is 24.1 Å². The molecule has 1 fully saturated rings. The Balaban J connectivity index is 2.06. The van der Waals surface area contributed by atoms with Crippen molar-refractivity contribution in [1.82, 2.24) is 0 Å². The highest BCUT2D eigenvalue weighted by Gasteiger charge is 2.50. The standard InChI is InChI=1S/C12H20O5/c1-7(15-6-14-4)8-5-9(13)11-10(8)16-12(2,3)17-11/h5,7,9-11,13H,6H2,1-4H3/t7?,9-,10+,11-/m0/s1. The highest BCUT2D eigenvalue weighted by molar-refractivity contribution is 5.27. The molecule has 0 saturated carbocycles. The van der Waals surface area contributed by atoms with Gasteiger partial charge in [0.05, 0.1) is 6.10 Å². The van der Waals surface area contributed by atoms with E-state index in [1.54, 1.807) is 13.2 Å². The van der Waals surface area contributed by atoms with Gasteiger partial charge in [-0.1, -0.05) is 0 Å². The van der Waals surface area contributed by atoms with Crippen molar-refractivity contribution in [3.63, 3.8) is 0 Å². The second kappa shape index (κ2) is 4.66. The van der Waals surface area contributed by atoms with Crippen LogP contribution in [0.1, 0.15) is 20.8 Å². The molecule has 0 aromatic heterocycles. The molecule has 1 N–H and O–H groups in total. The molecule has 17 heavy (non-hydrogen) atoms. The van der Waals surface area contributed by atoms with Crippen molar-refractivity contribution in [3.05, 3.63) is 11.6 Å².